The summed E-state index contributed by atoms with van der Waals surface area (Å²) in [6, 6.07) is 19.9. The number of aryl methyl sites for hydroxylation is 2. The Morgan fingerprint density at radius 3 is 2.44 bits per heavy atom. The van der Waals surface area contributed by atoms with E-state index in [2.05, 4.69) is 48.2 Å². The van der Waals surface area contributed by atoms with Gasteiger partial charge in [0.15, 0.2) is 5.17 Å². The molecule has 3 aromatic carbocycles. The summed E-state index contributed by atoms with van der Waals surface area (Å²) in [4.78, 5) is 17.7. The quantitative estimate of drug-likeness (QED) is 0.327. The van der Waals surface area contributed by atoms with Crippen LogP contribution < -0.4 is 10.1 Å². The summed E-state index contributed by atoms with van der Waals surface area (Å²) in [6.45, 7) is 4.53. The second-order valence-corrected chi connectivity index (χ2v) is 10.1. The highest BCUT2D eigenvalue weighted by atomic mass is 79.9. The van der Waals surface area contributed by atoms with Crippen molar-refractivity contribution < 1.29 is 9.53 Å². The lowest BCUT2D eigenvalue weighted by atomic mass is 10.1. The highest BCUT2D eigenvalue weighted by molar-refractivity contribution is 9.11. The number of aliphatic imine (C=N–C) groups is 1. The van der Waals surface area contributed by atoms with Gasteiger partial charge < -0.3 is 10.1 Å². The standard InChI is InChI=1S/C25H20Br2N2O2S/c1-15-8-9-21(16(2)10-15)28-25-29-24(30)22(32-25)13-18-11-19(26)23(20(27)12-18)31-14-17-6-4-3-5-7-17/h3-13H,14H2,1-2H3,(H,28,29,30)/b22-13+. The third-order valence-corrected chi connectivity index (χ3v) is 6.86. The number of nitrogens with one attached hydrogen (secondary N) is 1. The predicted molar refractivity (Wildman–Crippen MR) is 139 cm³/mol. The number of benzene rings is 3. The molecule has 1 N–H and O–H groups in total. The molecule has 0 aromatic heterocycles. The number of carbonyl (C=O) groups is 1. The number of ether oxygens (including phenoxy) is 1. The largest absolute Gasteiger partial charge is 0.487 e. The van der Waals surface area contributed by atoms with E-state index in [1.807, 2.05) is 74.5 Å². The fourth-order valence-electron chi connectivity index (χ4n) is 3.20. The minimum atomic E-state index is -0.157. The Morgan fingerprint density at radius 1 is 1.03 bits per heavy atom. The normalized spacial score (nSPS) is 15.9. The van der Waals surface area contributed by atoms with Crippen LogP contribution in [0, 0.1) is 13.8 Å². The zero-order chi connectivity index (χ0) is 22.7. The van der Waals surface area contributed by atoms with Gasteiger partial charge in [-0.2, -0.15) is 0 Å². The molecule has 1 fully saturated rings. The van der Waals surface area contributed by atoms with Gasteiger partial charge in [0.2, 0.25) is 0 Å². The number of thioether (sulfide) groups is 1. The van der Waals surface area contributed by atoms with Crippen LogP contribution in [0.1, 0.15) is 22.3 Å². The van der Waals surface area contributed by atoms with Crippen molar-refractivity contribution in [3.8, 4) is 5.75 Å². The summed E-state index contributed by atoms with van der Waals surface area (Å²) in [6.07, 6.45) is 1.85. The molecule has 0 aliphatic carbocycles. The first-order chi connectivity index (χ1) is 15.4. The Hall–Kier alpha value is -2.35. The summed E-state index contributed by atoms with van der Waals surface area (Å²) in [7, 11) is 0. The van der Waals surface area contributed by atoms with Gasteiger partial charge in [0.1, 0.15) is 12.4 Å². The molecule has 0 atom stereocenters. The van der Waals surface area contributed by atoms with Crippen LogP contribution in [0.25, 0.3) is 6.08 Å². The van der Waals surface area contributed by atoms with E-state index in [0.717, 1.165) is 37.1 Å². The van der Waals surface area contributed by atoms with E-state index in [1.165, 1.54) is 17.3 Å². The van der Waals surface area contributed by atoms with Crippen LogP contribution in [0.3, 0.4) is 0 Å². The van der Waals surface area contributed by atoms with Crippen LogP contribution in [0.5, 0.6) is 5.75 Å². The number of rotatable bonds is 5. The SMILES string of the molecule is Cc1ccc(N=C2NC(=O)/C(=C\c3cc(Br)c(OCc4ccccc4)c(Br)c3)S2)c(C)c1. The van der Waals surface area contributed by atoms with Gasteiger partial charge in [0.05, 0.1) is 19.5 Å². The van der Waals surface area contributed by atoms with Crippen molar-refractivity contribution in [1.29, 1.82) is 0 Å². The molecule has 3 aromatic rings. The Balaban J connectivity index is 1.52. The molecule has 0 radical (unpaired) electrons. The predicted octanol–water partition coefficient (Wildman–Crippen LogP) is 7.30. The molecule has 0 spiro atoms. The Morgan fingerprint density at radius 2 is 1.75 bits per heavy atom. The van der Waals surface area contributed by atoms with Gasteiger partial charge in [-0.15, -0.1) is 0 Å². The first-order valence-corrected chi connectivity index (χ1v) is 12.3. The summed E-state index contributed by atoms with van der Waals surface area (Å²) in [5.74, 6) is 0.562. The molecule has 1 amide bonds. The van der Waals surface area contributed by atoms with Crippen LogP contribution in [-0.4, -0.2) is 11.1 Å². The van der Waals surface area contributed by atoms with Gasteiger partial charge in [-0.05, 0) is 98.4 Å². The minimum Gasteiger partial charge on any atom is -0.487 e. The van der Waals surface area contributed by atoms with Gasteiger partial charge in [0, 0.05) is 0 Å². The topological polar surface area (TPSA) is 50.7 Å². The average Bonchev–Trinajstić information content (AvgIpc) is 3.09. The van der Waals surface area contributed by atoms with Crippen molar-refractivity contribution in [3.05, 3.63) is 96.8 Å². The molecule has 32 heavy (non-hydrogen) atoms. The molecule has 1 saturated heterocycles. The van der Waals surface area contributed by atoms with Crippen molar-refractivity contribution in [2.45, 2.75) is 20.5 Å². The van der Waals surface area contributed by atoms with E-state index in [4.69, 9.17) is 4.74 Å². The van der Waals surface area contributed by atoms with E-state index in [1.54, 1.807) is 0 Å². The van der Waals surface area contributed by atoms with Gasteiger partial charge in [-0.25, -0.2) is 4.99 Å². The summed E-state index contributed by atoms with van der Waals surface area (Å²) >= 11 is 8.51. The lowest BCUT2D eigenvalue weighted by Crippen LogP contribution is -2.19. The van der Waals surface area contributed by atoms with Gasteiger partial charge in [0.25, 0.3) is 5.91 Å². The van der Waals surface area contributed by atoms with Crippen molar-refractivity contribution in [3.63, 3.8) is 0 Å². The first kappa shape index (κ1) is 22.8. The van der Waals surface area contributed by atoms with E-state index < -0.39 is 0 Å². The second-order valence-electron chi connectivity index (χ2n) is 7.36. The maximum absolute atomic E-state index is 12.5. The summed E-state index contributed by atoms with van der Waals surface area (Å²) in [5.41, 5.74) is 5.07. The summed E-state index contributed by atoms with van der Waals surface area (Å²) in [5, 5.41) is 3.43. The van der Waals surface area contributed by atoms with Crippen molar-refractivity contribution in [2.24, 2.45) is 4.99 Å². The van der Waals surface area contributed by atoms with Crippen LogP contribution >= 0.6 is 43.6 Å². The zero-order valence-corrected chi connectivity index (χ0v) is 21.5. The summed E-state index contributed by atoms with van der Waals surface area (Å²) < 4.78 is 7.60. The number of amidine groups is 1. The number of nitrogens with zero attached hydrogens (tertiary/aromatic N) is 1. The molecule has 0 unspecified atom stereocenters. The molecule has 4 rings (SSSR count). The molecule has 1 aliphatic heterocycles. The maximum atomic E-state index is 12.5. The Labute approximate surface area is 208 Å². The number of carbonyl (C=O) groups excluding carboxylic acids is 1. The lowest BCUT2D eigenvalue weighted by molar-refractivity contribution is -0.115. The van der Waals surface area contributed by atoms with Crippen LogP contribution in [-0.2, 0) is 11.4 Å². The number of hydrogen-bond acceptors (Lipinski definition) is 4. The average molecular weight is 572 g/mol. The fourth-order valence-corrected chi connectivity index (χ4v) is 5.49. The van der Waals surface area contributed by atoms with E-state index in [0.29, 0.717) is 16.7 Å². The Bertz CT molecular complexity index is 1220. The molecule has 4 nitrogen and oxygen atoms in total. The minimum absolute atomic E-state index is 0.157. The molecular formula is C25H20Br2N2O2S. The van der Waals surface area contributed by atoms with Crippen molar-refractivity contribution in [2.75, 3.05) is 0 Å². The molecule has 1 heterocycles. The molecule has 0 bridgehead atoms. The van der Waals surface area contributed by atoms with Crippen LogP contribution in [0.15, 0.2) is 79.5 Å². The highest BCUT2D eigenvalue weighted by Gasteiger charge is 2.24. The smallest absolute Gasteiger partial charge is 0.264 e. The lowest BCUT2D eigenvalue weighted by Gasteiger charge is -2.11. The molecule has 162 valence electrons. The third-order valence-electron chi connectivity index (χ3n) is 4.77. The van der Waals surface area contributed by atoms with Crippen molar-refractivity contribution in [1.82, 2.24) is 5.32 Å². The molecular weight excluding hydrogens is 552 g/mol. The molecule has 1 aliphatic rings. The number of hydrogen-bond donors (Lipinski definition) is 1. The van der Waals surface area contributed by atoms with Gasteiger partial charge >= 0.3 is 0 Å². The van der Waals surface area contributed by atoms with E-state index in [9.17, 15) is 4.79 Å². The van der Waals surface area contributed by atoms with Crippen LogP contribution in [0.2, 0.25) is 0 Å². The number of halogens is 2. The van der Waals surface area contributed by atoms with Crippen LogP contribution in [0.4, 0.5) is 5.69 Å². The highest BCUT2D eigenvalue weighted by Crippen LogP contribution is 2.37. The monoisotopic (exact) mass is 570 g/mol. The zero-order valence-electron chi connectivity index (χ0n) is 17.5. The van der Waals surface area contributed by atoms with Gasteiger partial charge in [-0.3, -0.25) is 4.79 Å². The van der Waals surface area contributed by atoms with E-state index >= 15 is 0 Å². The third kappa shape index (κ3) is 5.52. The second kappa shape index (κ2) is 10.1. The number of amides is 1. The first-order valence-electron chi connectivity index (χ1n) is 9.91. The molecule has 0 saturated carbocycles. The van der Waals surface area contributed by atoms with E-state index in [-0.39, 0.29) is 5.91 Å². The maximum Gasteiger partial charge on any atom is 0.264 e. The van der Waals surface area contributed by atoms with Crippen molar-refractivity contribution >= 4 is 66.5 Å². The fraction of sp³-hybridized carbons (Fsp3) is 0.120. The van der Waals surface area contributed by atoms with Gasteiger partial charge in [-0.1, -0.05) is 48.0 Å². The Kier molecular flexibility index (Phi) is 7.18. The molecule has 7 heteroatoms.